The zero-order valence-corrected chi connectivity index (χ0v) is 13.0. The maximum Gasteiger partial charge on any atom is 0.237 e. The van der Waals surface area contributed by atoms with Gasteiger partial charge in [-0.2, -0.15) is 0 Å². The first kappa shape index (κ1) is 15.1. The van der Waals surface area contributed by atoms with Crippen LogP contribution in [0.25, 0.3) is 0 Å². The third kappa shape index (κ3) is 3.63. The SMILES string of the molecule is Cc1cc(C(C)NC(C)C(=O)NC2CCCC2)c(C)o1. The van der Waals surface area contributed by atoms with Gasteiger partial charge < -0.3 is 9.73 Å². The Morgan fingerprint density at radius 3 is 2.50 bits per heavy atom. The van der Waals surface area contributed by atoms with Crippen molar-refractivity contribution >= 4 is 5.91 Å². The van der Waals surface area contributed by atoms with E-state index in [9.17, 15) is 4.79 Å². The van der Waals surface area contributed by atoms with Crippen LogP contribution in [-0.4, -0.2) is 18.0 Å². The highest BCUT2D eigenvalue weighted by molar-refractivity contribution is 5.81. The first-order valence-electron chi connectivity index (χ1n) is 7.60. The molecular weight excluding hydrogens is 252 g/mol. The van der Waals surface area contributed by atoms with Gasteiger partial charge in [0.2, 0.25) is 5.91 Å². The normalized spacial score (nSPS) is 19.0. The van der Waals surface area contributed by atoms with Gasteiger partial charge in [-0.3, -0.25) is 10.1 Å². The number of rotatable bonds is 5. The molecule has 4 heteroatoms. The van der Waals surface area contributed by atoms with Crippen LogP contribution in [0.5, 0.6) is 0 Å². The Kier molecular flexibility index (Phi) is 4.86. The summed E-state index contributed by atoms with van der Waals surface area (Å²) in [6, 6.07) is 2.33. The summed E-state index contributed by atoms with van der Waals surface area (Å²) in [7, 11) is 0. The van der Waals surface area contributed by atoms with Gasteiger partial charge in [0, 0.05) is 17.6 Å². The summed E-state index contributed by atoms with van der Waals surface area (Å²) in [5, 5.41) is 6.48. The molecule has 112 valence electrons. The first-order chi connectivity index (χ1) is 9.47. The molecule has 1 heterocycles. The fourth-order valence-electron chi connectivity index (χ4n) is 3.02. The fourth-order valence-corrected chi connectivity index (χ4v) is 3.02. The lowest BCUT2D eigenvalue weighted by atomic mass is 10.1. The minimum atomic E-state index is -0.194. The van der Waals surface area contributed by atoms with Crippen molar-refractivity contribution in [2.75, 3.05) is 0 Å². The Hall–Kier alpha value is -1.29. The van der Waals surface area contributed by atoms with E-state index in [1.807, 2.05) is 26.8 Å². The van der Waals surface area contributed by atoms with Gasteiger partial charge >= 0.3 is 0 Å². The van der Waals surface area contributed by atoms with E-state index in [4.69, 9.17) is 4.42 Å². The average Bonchev–Trinajstić information content (AvgIpc) is 2.98. The van der Waals surface area contributed by atoms with Crippen LogP contribution in [0.2, 0.25) is 0 Å². The molecule has 1 aromatic heterocycles. The molecule has 0 spiro atoms. The van der Waals surface area contributed by atoms with Gasteiger partial charge in [-0.25, -0.2) is 0 Å². The number of nitrogens with one attached hydrogen (secondary N) is 2. The number of aryl methyl sites for hydroxylation is 2. The third-order valence-electron chi connectivity index (χ3n) is 4.14. The zero-order valence-electron chi connectivity index (χ0n) is 13.0. The van der Waals surface area contributed by atoms with Gasteiger partial charge in [0.25, 0.3) is 0 Å². The molecule has 2 rings (SSSR count). The first-order valence-corrected chi connectivity index (χ1v) is 7.60. The second kappa shape index (κ2) is 6.44. The van der Waals surface area contributed by atoms with Gasteiger partial charge in [-0.05, 0) is 46.6 Å². The molecule has 2 N–H and O–H groups in total. The molecule has 0 saturated heterocycles. The van der Waals surface area contributed by atoms with Crippen LogP contribution in [0.15, 0.2) is 10.5 Å². The molecule has 1 saturated carbocycles. The van der Waals surface area contributed by atoms with Crippen LogP contribution in [0.4, 0.5) is 0 Å². The predicted molar refractivity (Wildman–Crippen MR) is 79.6 cm³/mol. The van der Waals surface area contributed by atoms with E-state index in [-0.39, 0.29) is 18.0 Å². The summed E-state index contributed by atoms with van der Waals surface area (Å²) >= 11 is 0. The molecule has 0 radical (unpaired) electrons. The standard InChI is InChI=1S/C16H26N2O2/c1-10-9-15(13(4)20-10)11(2)17-12(3)16(19)18-14-7-5-6-8-14/h9,11-12,14,17H,5-8H2,1-4H3,(H,18,19). The van der Waals surface area contributed by atoms with Crippen molar-refractivity contribution in [3.8, 4) is 0 Å². The van der Waals surface area contributed by atoms with Crippen molar-refractivity contribution in [1.29, 1.82) is 0 Å². The van der Waals surface area contributed by atoms with Crippen LogP contribution in [0.1, 0.15) is 62.7 Å². The van der Waals surface area contributed by atoms with Gasteiger partial charge in [0.1, 0.15) is 11.5 Å². The van der Waals surface area contributed by atoms with E-state index in [1.165, 1.54) is 12.8 Å². The Morgan fingerprint density at radius 1 is 1.30 bits per heavy atom. The highest BCUT2D eigenvalue weighted by Gasteiger charge is 2.22. The Morgan fingerprint density at radius 2 is 1.95 bits per heavy atom. The maximum atomic E-state index is 12.2. The predicted octanol–water partition coefficient (Wildman–Crippen LogP) is 2.99. The molecule has 1 aliphatic carbocycles. The van der Waals surface area contributed by atoms with Crippen LogP contribution < -0.4 is 10.6 Å². The lowest BCUT2D eigenvalue weighted by Gasteiger charge is -2.21. The smallest absolute Gasteiger partial charge is 0.237 e. The highest BCUT2D eigenvalue weighted by atomic mass is 16.3. The van der Waals surface area contributed by atoms with Crippen LogP contribution in [-0.2, 0) is 4.79 Å². The second-order valence-corrected chi connectivity index (χ2v) is 5.97. The minimum absolute atomic E-state index is 0.0987. The molecule has 1 fully saturated rings. The Balaban J connectivity index is 1.88. The summed E-state index contributed by atoms with van der Waals surface area (Å²) in [4.78, 5) is 12.2. The lowest BCUT2D eigenvalue weighted by Crippen LogP contribution is -2.46. The van der Waals surface area contributed by atoms with Crippen molar-refractivity contribution < 1.29 is 9.21 Å². The molecule has 0 aliphatic heterocycles. The van der Waals surface area contributed by atoms with Crippen molar-refractivity contribution in [3.05, 3.63) is 23.2 Å². The molecule has 1 aromatic rings. The average molecular weight is 278 g/mol. The van der Waals surface area contributed by atoms with E-state index in [0.29, 0.717) is 6.04 Å². The monoisotopic (exact) mass is 278 g/mol. The summed E-state index contributed by atoms with van der Waals surface area (Å²) < 4.78 is 5.54. The van der Waals surface area contributed by atoms with E-state index in [0.717, 1.165) is 29.9 Å². The quantitative estimate of drug-likeness (QED) is 0.870. The van der Waals surface area contributed by atoms with Gasteiger partial charge in [0.15, 0.2) is 0 Å². The number of hydrogen-bond acceptors (Lipinski definition) is 3. The van der Waals surface area contributed by atoms with E-state index < -0.39 is 0 Å². The number of carbonyl (C=O) groups is 1. The zero-order chi connectivity index (χ0) is 14.7. The number of amides is 1. The number of hydrogen-bond donors (Lipinski definition) is 2. The van der Waals surface area contributed by atoms with Crippen LogP contribution in [0, 0.1) is 13.8 Å². The number of carbonyl (C=O) groups excluding carboxylic acids is 1. The molecule has 2 atom stereocenters. The molecule has 1 amide bonds. The lowest BCUT2D eigenvalue weighted by molar-refractivity contribution is -0.123. The Bertz CT molecular complexity index is 461. The number of furan rings is 1. The minimum Gasteiger partial charge on any atom is -0.466 e. The molecule has 0 bridgehead atoms. The van der Waals surface area contributed by atoms with E-state index in [2.05, 4.69) is 17.6 Å². The van der Waals surface area contributed by atoms with Crippen LogP contribution >= 0.6 is 0 Å². The molecule has 1 aliphatic rings. The summed E-state index contributed by atoms with van der Waals surface area (Å²) in [5.41, 5.74) is 1.13. The third-order valence-corrected chi connectivity index (χ3v) is 4.14. The molecule has 20 heavy (non-hydrogen) atoms. The van der Waals surface area contributed by atoms with Crippen molar-refractivity contribution in [2.24, 2.45) is 0 Å². The molecule has 4 nitrogen and oxygen atoms in total. The molecule has 2 unspecified atom stereocenters. The van der Waals surface area contributed by atoms with Crippen molar-refractivity contribution in [3.63, 3.8) is 0 Å². The summed E-state index contributed by atoms with van der Waals surface area (Å²) in [5.74, 6) is 1.93. The van der Waals surface area contributed by atoms with Gasteiger partial charge in [-0.15, -0.1) is 0 Å². The highest BCUT2D eigenvalue weighted by Crippen LogP contribution is 2.22. The fraction of sp³-hybridized carbons (Fsp3) is 0.688. The largest absolute Gasteiger partial charge is 0.466 e. The summed E-state index contributed by atoms with van der Waals surface area (Å²) in [6.07, 6.45) is 4.70. The maximum absolute atomic E-state index is 12.2. The molecule has 0 aromatic carbocycles. The molecular formula is C16H26N2O2. The van der Waals surface area contributed by atoms with Gasteiger partial charge in [0.05, 0.1) is 6.04 Å². The van der Waals surface area contributed by atoms with E-state index in [1.54, 1.807) is 0 Å². The van der Waals surface area contributed by atoms with Crippen molar-refractivity contribution in [2.45, 2.75) is 71.5 Å². The summed E-state index contributed by atoms with van der Waals surface area (Å²) in [6.45, 7) is 7.89. The van der Waals surface area contributed by atoms with Crippen molar-refractivity contribution in [1.82, 2.24) is 10.6 Å². The second-order valence-electron chi connectivity index (χ2n) is 5.97. The Labute approximate surface area is 121 Å². The van der Waals surface area contributed by atoms with E-state index >= 15 is 0 Å². The van der Waals surface area contributed by atoms with Gasteiger partial charge in [-0.1, -0.05) is 12.8 Å². The topological polar surface area (TPSA) is 54.3 Å². The van der Waals surface area contributed by atoms with Crippen LogP contribution in [0.3, 0.4) is 0 Å².